The third-order valence-electron chi connectivity index (χ3n) is 3.85. The highest BCUT2D eigenvalue weighted by Gasteiger charge is 2.23. The van der Waals surface area contributed by atoms with Crippen LogP contribution in [-0.2, 0) is 6.42 Å². The molecule has 20 heavy (non-hydrogen) atoms. The van der Waals surface area contributed by atoms with Crippen LogP contribution in [-0.4, -0.2) is 23.6 Å². The van der Waals surface area contributed by atoms with E-state index in [1.807, 2.05) is 0 Å². The van der Waals surface area contributed by atoms with Crippen molar-refractivity contribution in [2.45, 2.75) is 26.3 Å². The maximum Gasteiger partial charge on any atom is 0.287 e. The summed E-state index contributed by atoms with van der Waals surface area (Å²) in [5.41, 5.74) is 3.74. The van der Waals surface area contributed by atoms with Crippen LogP contribution in [0.2, 0.25) is 0 Å². The number of hydrogen-bond acceptors (Lipinski definition) is 1. The van der Waals surface area contributed by atoms with Crippen molar-refractivity contribution in [1.29, 1.82) is 0 Å². The SMILES string of the molecule is Cc1cccc2c1OC[N+](C(C)Cc1ccccc1)=C2. The van der Waals surface area contributed by atoms with E-state index in [2.05, 4.69) is 73.2 Å². The van der Waals surface area contributed by atoms with Gasteiger partial charge in [-0.1, -0.05) is 42.5 Å². The number of para-hydroxylation sites is 1. The molecule has 1 atom stereocenters. The predicted molar refractivity (Wildman–Crippen MR) is 81.7 cm³/mol. The van der Waals surface area contributed by atoms with Crippen molar-refractivity contribution in [2.75, 3.05) is 6.73 Å². The van der Waals surface area contributed by atoms with Gasteiger partial charge in [-0.25, -0.2) is 0 Å². The first-order valence-corrected chi connectivity index (χ1v) is 7.11. The summed E-state index contributed by atoms with van der Waals surface area (Å²) in [6.45, 7) is 4.97. The molecule has 1 aliphatic rings. The minimum Gasteiger partial charge on any atom is -0.435 e. The number of hydrogen-bond donors (Lipinski definition) is 0. The first-order chi connectivity index (χ1) is 9.74. The van der Waals surface area contributed by atoms with Crippen LogP contribution < -0.4 is 4.74 Å². The number of ether oxygens (including phenoxy) is 1. The molecule has 0 N–H and O–H groups in total. The minimum absolute atomic E-state index is 0.422. The van der Waals surface area contributed by atoms with Gasteiger partial charge in [0.15, 0.2) is 12.3 Å². The first-order valence-electron chi connectivity index (χ1n) is 7.11. The van der Waals surface area contributed by atoms with E-state index in [1.54, 1.807) is 0 Å². The van der Waals surface area contributed by atoms with Crippen LogP contribution in [0.1, 0.15) is 23.6 Å². The van der Waals surface area contributed by atoms with Crippen molar-refractivity contribution >= 4 is 6.21 Å². The largest absolute Gasteiger partial charge is 0.435 e. The lowest BCUT2D eigenvalue weighted by Gasteiger charge is -2.19. The highest BCUT2D eigenvalue weighted by Crippen LogP contribution is 2.24. The molecule has 0 amide bonds. The molecule has 1 aliphatic heterocycles. The van der Waals surface area contributed by atoms with Crippen LogP contribution in [0.3, 0.4) is 0 Å². The van der Waals surface area contributed by atoms with Gasteiger partial charge in [0, 0.05) is 6.42 Å². The van der Waals surface area contributed by atoms with Gasteiger partial charge in [0.05, 0.1) is 5.56 Å². The number of nitrogens with zero attached hydrogens (tertiary/aromatic N) is 1. The lowest BCUT2D eigenvalue weighted by molar-refractivity contribution is -0.587. The summed E-state index contributed by atoms with van der Waals surface area (Å²) < 4.78 is 8.19. The molecule has 0 saturated heterocycles. The Morgan fingerprint density at radius 2 is 1.90 bits per heavy atom. The minimum atomic E-state index is 0.422. The summed E-state index contributed by atoms with van der Waals surface area (Å²) in [4.78, 5) is 0. The molecular formula is C18H20NO+. The molecule has 0 fully saturated rings. The second-order valence-electron chi connectivity index (χ2n) is 5.45. The van der Waals surface area contributed by atoms with Crippen LogP contribution in [0.15, 0.2) is 48.5 Å². The van der Waals surface area contributed by atoms with Gasteiger partial charge in [0.2, 0.25) is 0 Å². The van der Waals surface area contributed by atoms with Gasteiger partial charge in [-0.2, -0.15) is 4.58 Å². The molecule has 0 saturated carbocycles. The molecule has 3 rings (SSSR count). The van der Waals surface area contributed by atoms with E-state index >= 15 is 0 Å². The molecule has 0 bridgehead atoms. The number of aryl methyl sites for hydroxylation is 1. The summed E-state index contributed by atoms with van der Waals surface area (Å²) in [6, 6.07) is 17.3. The summed E-state index contributed by atoms with van der Waals surface area (Å²) >= 11 is 0. The number of benzene rings is 2. The van der Waals surface area contributed by atoms with E-state index in [9.17, 15) is 0 Å². The molecule has 2 aromatic rings. The zero-order chi connectivity index (χ0) is 13.9. The predicted octanol–water partition coefficient (Wildman–Crippen LogP) is 3.41. The zero-order valence-corrected chi connectivity index (χ0v) is 12.0. The molecule has 0 radical (unpaired) electrons. The van der Waals surface area contributed by atoms with Crippen molar-refractivity contribution in [3.63, 3.8) is 0 Å². The molecular weight excluding hydrogens is 246 g/mol. The fraction of sp³-hybridized carbons (Fsp3) is 0.278. The Labute approximate surface area is 120 Å². The van der Waals surface area contributed by atoms with Crippen LogP contribution in [0.4, 0.5) is 0 Å². The third-order valence-corrected chi connectivity index (χ3v) is 3.85. The van der Waals surface area contributed by atoms with Crippen molar-refractivity contribution in [2.24, 2.45) is 0 Å². The molecule has 2 heteroatoms. The quantitative estimate of drug-likeness (QED) is 0.775. The van der Waals surface area contributed by atoms with Gasteiger partial charge < -0.3 is 4.74 Å². The average Bonchev–Trinajstić information content (AvgIpc) is 2.48. The van der Waals surface area contributed by atoms with Crippen molar-refractivity contribution in [3.8, 4) is 5.75 Å². The van der Waals surface area contributed by atoms with E-state index in [0.29, 0.717) is 12.8 Å². The Morgan fingerprint density at radius 1 is 1.10 bits per heavy atom. The lowest BCUT2D eigenvalue weighted by Crippen LogP contribution is -2.33. The Bertz CT molecular complexity index is 631. The molecule has 1 unspecified atom stereocenters. The molecule has 0 aliphatic carbocycles. The van der Waals surface area contributed by atoms with Gasteiger partial charge in [-0.15, -0.1) is 0 Å². The maximum absolute atomic E-state index is 5.92. The van der Waals surface area contributed by atoms with E-state index in [4.69, 9.17) is 4.74 Å². The summed E-state index contributed by atoms with van der Waals surface area (Å²) in [5.74, 6) is 1.02. The van der Waals surface area contributed by atoms with Gasteiger partial charge in [0.1, 0.15) is 5.75 Å². The van der Waals surface area contributed by atoms with E-state index in [0.717, 1.165) is 12.2 Å². The molecule has 0 spiro atoms. The van der Waals surface area contributed by atoms with Crippen LogP contribution in [0, 0.1) is 6.92 Å². The maximum atomic E-state index is 5.92. The molecule has 102 valence electrons. The second-order valence-corrected chi connectivity index (χ2v) is 5.45. The normalized spacial score (nSPS) is 15.0. The van der Waals surface area contributed by atoms with E-state index in [1.165, 1.54) is 16.7 Å². The zero-order valence-electron chi connectivity index (χ0n) is 12.0. The highest BCUT2D eigenvalue weighted by atomic mass is 16.5. The van der Waals surface area contributed by atoms with Gasteiger partial charge in [-0.05, 0) is 31.0 Å². The van der Waals surface area contributed by atoms with E-state index < -0.39 is 0 Å². The van der Waals surface area contributed by atoms with Crippen LogP contribution in [0.5, 0.6) is 5.75 Å². The summed E-state index contributed by atoms with van der Waals surface area (Å²) in [7, 11) is 0. The number of rotatable bonds is 3. The first kappa shape index (κ1) is 12.9. The highest BCUT2D eigenvalue weighted by molar-refractivity contribution is 5.81. The Kier molecular flexibility index (Phi) is 3.55. The summed E-state index contributed by atoms with van der Waals surface area (Å²) in [5, 5.41) is 0. The topological polar surface area (TPSA) is 12.2 Å². The molecule has 2 aromatic carbocycles. The van der Waals surface area contributed by atoms with Crippen LogP contribution in [0.25, 0.3) is 0 Å². The Hall–Kier alpha value is -2.09. The average molecular weight is 266 g/mol. The monoisotopic (exact) mass is 266 g/mol. The van der Waals surface area contributed by atoms with Gasteiger partial charge >= 0.3 is 0 Å². The van der Waals surface area contributed by atoms with Crippen molar-refractivity contribution in [3.05, 3.63) is 65.2 Å². The summed E-state index contributed by atoms with van der Waals surface area (Å²) in [6.07, 6.45) is 3.25. The lowest BCUT2D eigenvalue weighted by atomic mass is 10.1. The molecule has 0 aromatic heterocycles. The fourth-order valence-corrected chi connectivity index (χ4v) is 2.66. The standard InChI is InChI=1S/C18H20NO/c1-14-7-6-10-17-12-19(13-20-18(14)17)15(2)11-16-8-4-3-5-9-16/h3-10,12,15H,11,13H2,1-2H3/q+1. The Morgan fingerprint density at radius 3 is 2.70 bits per heavy atom. The smallest absolute Gasteiger partial charge is 0.287 e. The molecule has 2 nitrogen and oxygen atoms in total. The third kappa shape index (κ3) is 2.60. The van der Waals surface area contributed by atoms with Gasteiger partial charge in [0.25, 0.3) is 6.73 Å². The molecule has 1 heterocycles. The number of fused-ring (bicyclic) bond motifs is 1. The van der Waals surface area contributed by atoms with Crippen molar-refractivity contribution in [1.82, 2.24) is 0 Å². The van der Waals surface area contributed by atoms with Crippen molar-refractivity contribution < 1.29 is 9.31 Å². The fourth-order valence-electron chi connectivity index (χ4n) is 2.66. The Balaban J connectivity index is 1.81. The van der Waals surface area contributed by atoms with Crippen LogP contribution >= 0.6 is 0 Å². The second kappa shape index (κ2) is 5.49. The van der Waals surface area contributed by atoms with E-state index in [-0.39, 0.29) is 0 Å². The van der Waals surface area contributed by atoms with Gasteiger partial charge in [-0.3, -0.25) is 0 Å².